The van der Waals surface area contributed by atoms with E-state index in [4.69, 9.17) is 0 Å². The number of ether oxygens (including phenoxy) is 1. The highest BCUT2D eigenvalue weighted by Gasteiger charge is 2.20. The molecule has 2 amide bonds. The topological polar surface area (TPSA) is 58.6 Å². The largest absolute Gasteiger partial charge is 0.468 e. The molecule has 1 rings (SSSR count). The number of nitrogens with one attached hydrogen (secondary N) is 1. The van der Waals surface area contributed by atoms with E-state index in [0.717, 1.165) is 0 Å². The standard InChI is InChI=1S/C13H17FN2O3/c1-9(2)16(8-12(17)19-3)13(18)15-11-6-4-10(14)5-7-11/h4-7,9H,8H2,1-3H3,(H,15,18). The van der Waals surface area contributed by atoms with Gasteiger partial charge in [0.1, 0.15) is 12.4 Å². The maximum atomic E-state index is 12.7. The molecule has 104 valence electrons. The van der Waals surface area contributed by atoms with E-state index in [-0.39, 0.29) is 18.4 Å². The highest BCUT2D eigenvalue weighted by atomic mass is 19.1. The number of nitrogens with zero attached hydrogens (tertiary/aromatic N) is 1. The first kappa shape index (κ1) is 14.9. The number of hydrogen-bond donors (Lipinski definition) is 1. The Morgan fingerprint density at radius 2 is 1.89 bits per heavy atom. The minimum Gasteiger partial charge on any atom is -0.468 e. The van der Waals surface area contributed by atoms with Crippen molar-refractivity contribution < 1.29 is 18.7 Å². The van der Waals surface area contributed by atoms with E-state index in [0.29, 0.717) is 5.69 Å². The Bertz CT molecular complexity index is 446. The van der Waals surface area contributed by atoms with Gasteiger partial charge in [-0.05, 0) is 38.1 Å². The number of benzene rings is 1. The second kappa shape index (κ2) is 6.72. The third-order valence-electron chi connectivity index (χ3n) is 2.51. The van der Waals surface area contributed by atoms with Crippen LogP contribution in [0.25, 0.3) is 0 Å². The van der Waals surface area contributed by atoms with Crippen molar-refractivity contribution in [3.63, 3.8) is 0 Å². The number of rotatable bonds is 4. The molecule has 0 unspecified atom stereocenters. The molecule has 0 bridgehead atoms. The van der Waals surface area contributed by atoms with Crippen molar-refractivity contribution in [2.45, 2.75) is 19.9 Å². The lowest BCUT2D eigenvalue weighted by Gasteiger charge is -2.25. The van der Waals surface area contributed by atoms with Crippen molar-refractivity contribution in [3.8, 4) is 0 Å². The zero-order valence-corrected chi connectivity index (χ0v) is 11.1. The first-order valence-corrected chi connectivity index (χ1v) is 5.84. The molecule has 0 aliphatic heterocycles. The number of methoxy groups -OCH3 is 1. The summed E-state index contributed by atoms with van der Waals surface area (Å²) in [5, 5.41) is 2.59. The van der Waals surface area contributed by atoms with E-state index in [1.54, 1.807) is 13.8 Å². The zero-order valence-electron chi connectivity index (χ0n) is 11.1. The summed E-state index contributed by atoms with van der Waals surface area (Å²) in [7, 11) is 1.26. The van der Waals surface area contributed by atoms with Gasteiger partial charge < -0.3 is 15.0 Å². The highest BCUT2D eigenvalue weighted by Crippen LogP contribution is 2.10. The van der Waals surface area contributed by atoms with Gasteiger partial charge >= 0.3 is 12.0 Å². The lowest BCUT2D eigenvalue weighted by atomic mass is 10.3. The molecule has 6 heteroatoms. The molecule has 0 aliphatic carbocycles. The molecule has 0 atom stereocenters. The Balaban J connectivity index is 2.71. The van der Waals surface area contributed by atoms with E-state index < -0.39 is 12.0 Å². The predicted octanol–water partition coefficient (Wildman–Crippen LogP) is 2.24. The lowest BCUT2D eigenvalue weighted by molar-refractivity contribution is -0.141. The van der Waals surface area contributed by atoms with Crippen LogP contribution in [0, 0.1) is 5.82 Å². The number of hydrogen-bond acceptors (Lipinski definition) is 3. The molecule has 0 aromatic heterocycles. The van der Waals surface area contributed by atoms with E-state index in [2.05, 4.69) is 10.1 Å². The van der Waals surface area contributed by atoms with Crippen molar-refractivity contribution >= 4 is 17.7 Å². The molecule has 1 N–H and O–H groups in total. The van der Waals surface area contributed by atoms with Gasteiger partial charge in [0.25, 0.3) is 0 Å². The van der Waals surface area contributed by atoms with Crippen LogP contribution in [0.3, 0.4) is 0 Å². The number of amides is 2. The average Bonchev–Trinajstić information content (AvgIpc) is 2.37. The molecule has 0 aliphatic rings. The van der Waals surface area contributed by atoms with Crippen LogP contribution >= 0.6 is 0 Å². The summed E-state index contributed by atoms with van der Waals surface area (Å²) in [4.78, 5) is 24.6. The minimum absolute atomic E-state index is 0.138. The van der Waals surface area contributed by atoms with Gasteiger partial charge in [0.15, 0.2) is 0 Å². The summed E-state index contributed by atoms with van der Waals surface area (Å²) in [6, 6.07) is 4.78. The minimum atomic E-state index is -0.497. The summed E-state index contributed by atoms with van der Waals surface area (Å²) in [5.41, 5.74) is 0.460. The van der Waals surface area contributed by atoms with E-state index >= 15 is 0 Å². The Morgan fingerprint density at radius 1 is 1.32 bits per heavy atom. The first-order chi connectivity index (χ1) is 8.93. The van der Waals surface area contributed by atoms with Crippen LogP contribution in [-0.4, -0.2) is 36.6 Å². The van der Waals surface area contributed by atoms with Crippen LogP contribution in [0.2, 0.25) is 0 Å². The summed E-state index contributed by atoms with van der Waals surface area (Å²) in [6.45, 7) is 3.43. The molecular formula is C13H17FN2O3. The van der Waals surface area contributed by atoms with Crippen LogP contribution in [-0.2, 0) is 9.53 Å². The van der Waals surface area contributed by atoms with E-state index in [9.17, 15) is 14.0 Å². The van der Waals surface area contributed by atoms with Crippen molar-refractivity contribution in [2.24, 2.45) is 0 Å². The SMILES string of the molecule is COC(=O)CN(C(=O)Nc1ccc(F)cc1)C(C)C. The molecule has 0 heterocycles. The fourth-order valence-corrected chi connectivity index (χ4v) is 1.42. The Labute approximate surface area is 111 Å². The third kappa shape index (κ3) is 4.57. The van der Waals surface area contributed by atoms with Crippen molar-refractivity contribution in [1.82, 2.24) is 4.90 Å². The van der Waals surface area contributed by atoms with Gasteiger partial charge in [-0.25, -0.2) is 9.18 Å². The number of anilines is 1. The summed E-state index contributed by atoms with van der Waals surface area (Å²) in [5.74, 6) is -0.878. The van der Waals surface area contributed by atoms with Gasteiger partial charge in [0.05, 0.1) is 7.11 Å². The third-order valence-corrected chi connectivity index (χ3v) is 2.51. The average molecular weight is 268 g/mol. The number of esters is 1. The molecule has 19 heavy (non-hydrogen) atoms. The molecule has 0 radical (unpaired) electrons. The fraction of sp³-hybridized carbons (Fsp3) is 0.385. The highest BCUT2D eigenvalue weighted by molar-refractivity contribution is 5.91. The molecule has 0 saturated carbocycles. The second-order valence-corrected chi connectivity index (χ2v) is 4.23. The van der Waals surface area contributed by atoms with Crippen molar-refractivity contribution in [3.05, 3.63) is 30.1 Å². The normalized spacial score (nSPS) is 10.2. The Kier molecular flexibility index (Phi) is 5.29. The molecule has 0 fully saturated rings. The van der Waals surface area contributed by atoms with Gasteiger partial charge in [-0.15, -0.1) is 0 Å². The maximum Gasteiger partial charge on any atom is 0.325 e. The molecule has 1 aromatic rings. The second-order valence-electron chi connectivity index (χ2n) is 4.23. The predicted molar refractivity (Wildman–Crippen MR) is 69.3 cm³/mol. The van der Waals surface area contributed by atoms with Gasteiger partial charge in [0.2, 0.25) is 0 Å². The van der Waals surface area contributed by atoms with Crippen LogP contribution in [0.4, 0.5) is 14.9 Å². The summed E-state index contributed by atoms with van der Waals surface area (Å²) >= 11 is 0. The van der Waals surface area contributed by atoms with Crippen LogP contribution in [0.5, 0.6) is 0 Å². The Morgan fingerprint density at radius 3 is 2.37 bits per heavy atom. The first-order valence-electron chi connectivity index (χ1n) is 5.84. The number of urea groups is 1. The van der Waals surface area contributed by atoms with Gasteiger partial charge in [-0.2, -0.15) is 0 Å². The lowest BCUT2D eigenvalue weighted by Crippen LogP contribution is -2.43. The number of carbonyl (C=O) groups is 2. The quantitative estimate of drug-likeness (QED) is 0.852. The van der Waals surface area contributed by atoms with Gasteiger partial charge in [-0.1, -0.05) is 0 Å². The number of carbonyl (C=O) groups excluding carboxylic acids is 2. The monoisotopic (exact) mass is 268 g/mol. The fourth-order valence-electron chi connectivity index (χ4n) is 1.42. The number of halogens is 1. The zero-order chi connectivity index (χ0) is 14.4. The molecule has 0 saturated heterocycles. The maximum absolute atomic E-state index is 12.7. The van der Waals surface area contributed by atoms with E-state index in [1.165, 1.54) is 36.3 Å². The summed E-state index contributed by atoms with van der Waals surface area (Å²) < 4.78 is 17.3. The molecule has 1 aromatic carbocycles. The Hall–Kier alpha value is -2.11. The van der Waals surface area contributed by atoms with Gasteiger partial charge in [0, 0.05) is 11.7 Å². The smallest absolute Gasteiger partial charge is 0.325 e. The van der Waals surface area contributed by atoms with Crippen LogP contribution in [0.15, 0.2) is 24.3 Å². The van der Waals surface area contributed by atoms with Crippen LogP contribution in [0.1, 0.15) is 13.8 Å². The van der Waals surface area contributed by atoms with Crippen LogP contribution < -0.4 is 5.32 Å². The molecule has 0 spiro atoms. The van der Waals surface area contributed by atoms with Gasteiger partial charge in [-0.3, -0.25) is 4.79 Å². The summed E-state index contributed by atoms with van der Waals surface area (Å²) in [6.07, 6.45) is 0. The molecular weight excluding hydrogens is 251 g/mol. The van der Waals surface area contributed by atoms with Crippen molar-refractivity contribution in [1.29, 1.82) is 0 Å². The van der Waals surface area contributed by atoms with Crippen molar-refractivity contribution in [2.75, 3.05) is 19.0 Å². The van der Waals surface area contributed by atoms with E-state index in [1.807, 2.05) is 0 Å². The molecule has 5 nitrogen and oxygen atoms in total.